The van der Waals surface area contributed by atoms with E-state index >= 15 is 0 Å². The predicted octanol–water partition coefficient (Wildman–Crippen LogP) is 2.05. The number of nitrogens with two attached hydrogens (primary N) is 1. The number of nitrogens with zero attached hydrogens (tertiary/aromatic N) is 2. The summed E-state index contributed by atoms with van der Waals surface area (Å²) in [7, 11) is 0. The summed E-state index contributed by atoms with van der Waals surface area (Å²) in [6.45, 7) is 3.79. The summed E-state index contributed by atoms with van der Waals surface area (Å²) in [5.74, 6) is 1.29. The Labute approximate surface area is 94.5 Å². The van der Waals surface area contributed by atoms with Crippen molar-refractivity contribution in [2.75, 3.05) is 5.73 Å². The molecule has 0 saturated carbocycles. The molecule has 0 amide bonds. The average Bonchev–Trinajstić information content (AvgIpc) is 2.66. The summed E-state index contributed by atoms with van der Waals surface area (Å²) >= 11 is 0. The summed E-state index contributed by atoms with van der Waals surface area (Å²) in [5.41, 5.74) is 8.98. The first-order valence-electron chi connectivity index (χ1n) is 5.29. The summed E-state index contributed by atoms with van der Waals surface area (Å²) in [6.07, 6.45) is 1.62. The number of benzene rings is 1. The maximum absolute atomic E-state index is 5.84. The molecule has 0 atom stereocenters. The molecule has 4 nitrogen and oxygen atoms in total. The number of aromatic nitrogens is 2. The highest BCUT2D eigenvalue weighted by Crippen LogP contribution is 2.14. The van der Waals surface area contributed by atoms with Crippen LogP contribution >= 0.6 is 0 Å². The van der Waals surface area contributed by atoms with E-state index in [4.69, 9.17) is 10.2 Å². The Morgan fingerprint density at radius 2 is 2.00 bits per heavy atom. The van der Waals surface area contributed by atoms with E-state index < -0.39 is 0 Å². The molecule has 0 aliphatic rings. The van der Waals surface area contributed by atoms with Gasteiger partial charge in [0.15, 0.2) is 0 Å². The number of nitrogen functional groups attached to an aromatic ring is 1. The second-order valence-electron chi connectivity index (χ2n) is 3.91. The lowest BCUT2D eigenvalue weighted by molar-refractivity contribution is 0.467. The molecule has 1 aromatic heterocycles. The van der Waals surface area contributed by atoms with E-state index in [0.29, 0.717) is 11.8 Å². The lowest BCUT2D eigenvalue weighted by Gasteiger charge is -2.03. The molecule has 2 aromatic rings. The van der Waals surface area contributed by atoms with Crippen molar-refractivity contribution >= 4 is 5.69 Å². The predicted molar refractivity (Wildman–Crippen MR) is 62.0 cm³/mol. The third kappa shape index (κ3) is 2.39. The smallest absolute Gasteiger partial charge is 0.216 e. The maximum Gasteiger partial charge on any atom is 0.216 e. The Morgan fingerprint density at radius 3 is 2.62 bits per heavy atom. The van der Waals surface area contributed by atoms with Crippen LogP contribution in [0, 0.1) is 13.8 Å². The molecule has 0 spiro atoms. The van der Waals surface area contributed by atoms with Crippen LogP contribution in [-0.4, -0.2) is 10.2 Å². The average molecular weight is 217 g/mol. The van der Waals surface area contributed by atoms with Crippen LogP contribution in [0.15, 0.2) is 22.6 Å². The van der Waals surface area contributed by atoms with Crippen LogP contribution in [0.5, 0.6) is 0 Å². The molecule has 0 aliphatic carbocycles. The highest BCUT2D eigenvalue weighted by atomic mass is 16.4. The van der Waals surface area contributed by atoms with Gasteiger partial charge in [0.05, 0.1) is 0 Å². The van der Waals surface area contributed by atoms with Gasteiger partial charge in [-0.2, -0.15) is 0 Å². The van der Waals surface area contributed by atoms with Crippen molar-refractivity contribution in [3.8, 4) is 0 Å². The molecule has 0 radical (unpaired) electrons. The first-order valence-corrected chi connectivity index (χ1v) is 5.29. The topological polar surface area (TPSA) is 64.9 Å². The molecule has 1 heterocycles. The zero-order chi connectivity index (χ0) is 11.5. The van der Waals surface area contributed by atoms with Crippen molar-refractivity contribution in [3.05, 3.63) is 41.1 Å². The van der Waals surface area contributed by atoms with Crippen molar-refractivity contribution < 1.29 is 4.42 Å². The van der Waals surface area contributed by atoms with Gasteiger partial charge in [0.1, 0.15) is 0 Å². The first kappa shape index (κ1) is 10.7. The van der Waals surface area contributed by atoms with E-state index in [0.717, 1.165) is 24.1 Å². The Balaban J connectivity index is 2.02. The number of aryl methyl sites for hydroxylation is 4. The van der Waals surface area contributed by atoms with Crippen molar-refractivity contribution in [2.24, 2.45) is 0 Å². The normalized spacial score (nSPS) is 10.6. The van der Waals surface area contributed by atoms with Crippen molar-refractivity contribution in [1.82, 2.24) is 10.2 Å². The highest BCUT2D eigenvalue weighted by molar-refractivity contribution is 5.48. The van der Waals surface area contributed by atoms with Crippen LogP contribution in [0.3, 0.4) is 0 Å². The van der Waals surface area contributed by atoms with E-state index in [2.05, 4.69) is 16.3 Å². The Bertz CT molecular complexity index is 491. The van der Waals surface area contributed by atoms with Crippen molar-refractivity contribution in [2.45, 2.75) is 26.7 Å². The number of hydrogen-bond donors (Lipinski definition) is 1. The van der Waals surface area contributed by atoms with E-state index in [1.807, 2.05) is 19.1 Å². The zero-order valence-corrected chi connectivity index (χ0v) is 9.53. The molecule has 0 aliphatic heterocycles. The first-order chi connectivity index (χ1) is 7.65. The lowest BCUT2D eigenvalue weighted by Crippen LogP contribution is -1.95. The summed E-state index contributed by atoms with van der Waals surface area (Å²) in [6, 6.07) is 6.11. The largest absolute Gasteiger partial charge is 0.426 e. The van der Waals surface area contributed by atoms with Gasteiger partial charge in [-0.1, -0.05) is 12.1 Å². The van der Waals surface area contributed by atoms with Crippen LogP contribution in [0.1, 0.15) is 22.9 Å². The molecule has 84 valence electrons. The monoisotopic (exact) mass is 217 g/mol. The van der Waals surface area contributed by atoms with Gasteiger partial charge >= 0.3 is 0 Å². The van der Waals surface area contributed by atoms with Gasteiger partial charge in [0.25, 0.3) is 0 Å². The van der Waals surface area contributed by atoms with Crippen LogP contribution < -0.4 is 5.73 Å². The van der Waals surface area contributed by atoms with Crippen molar-refractivity contribution in [1.29, 1.82) is 0 Å². The SMILES string of the molecule is Cc1nnc(CCc2ccc(C)c(N)c2)o1. The van der Waals surface area contributed by atoms with E-state index in [-0.39, 0.29) is 0 Å². The summed E-state index contributed by atoms with van der Waals surface area (Å²) < 4.78 is 5.31. The minimum absolute atomic E-state index is 0.610. The Hall–Kier alpha value is -1.84. The molecule has 2 N–H and O–H groups in total. The standard InChI is InChI=1S/C12H15N3O/c1-8-3-4-10(7-11(8)13)5-6-12-15-14-9(2)16-12/h3-4,7H,5-6,13H2,1-2H3. The van der Waals surface area contributed by atoms with E-state index in [1.54, 1.807) is 6.92 Å². The fraction of sp³-hybridized carbons (Fsp3) is 0.333. The Morgan fingerprint density at radius 1 is 1.19 bits per heavy atom. The van der Waals surface area contributed by atoms with E-state index in [1.165, 1.54) is 5.56 Å². The summed E-state index contributed by atoms with van der Waals surface area (Å²) in [5, 5.41) is 7.74. The molecular weight excluding hydrogens is 202 g/mol. The molecule has 0 bridgehead atoms. The molecule has 0 unspecified atom stereocenters. The molecule has 2 rings (SSSR count). The van der Waals surface area contributed by atoms with Gasteiger partial charge in [-0.05, 0) is 30.5 Å². The highest BCUT2D eigenvalue weighted by Gasteiger charge is 2.03. The second kappa shape index (κ2) is 4.35. The third-order valence-electron chi connectivity index (χ3n) is 2.54. The molecule has 16 heavy (non-hydrogen) atoms. The van der Waals surface area contributed by atoms with Crippen LogP contribution in [0.4, 0.5) is 5.69 Å². The second-order valence-corrected chi connectivity index (χ2v) is 3.91. The van der Waals surface area contributed by atoms with Crippen molar-refractivity contribution in [3.63, 3.8) is 0 Å². The quantitative estimate of drug-likeness (QED) is 0.799. The van der Waals surface area contributed by atoms with Gasteiger partial charge in [-0.25, -0.2) is 0 Å². The Kier molecular flexibility index (Phi) is 2.90. The summed E-state index contributed by atoms with van der Waals surface area (Å²) in [4.78, 5) is 0. The molecule has 1 aromatic carbocycles. The zero-order valence-electron chi connectivity index (χ0n) is 9.53. The molecule has 4 heteroatoms. The molecule has 0 fully saturated rings. The van der Waals surface area contributed by atoms with Crippen LogP contribution in [-0.2, 0) is 12.8 Å². The van der Waals surface area contributed by atoms with E-state index in [9.17, 15) is 0 Å². The fourth-order valence-corrected chi connectivity index (χ4v) is 1.54. The van der Waals surface area contributed by atoms with Gasteiger partial charge in [-0.15, -0.1) is 10.2 Å². The van der Waals surface area contributed by atoms with Crippen LogP contribution in [0.25, 0.3) is 0 Å². The molecular formula is C12H15N3O. The van der Waals surface area contributed by atoms with Gasteiger partial charge in [0, 0.05) is 19.0 Å². The minimum Gasteiger partial charge on any atom is -0.426 e. The van der Waals surface area contributed by atoms with Gasteiger partial charge < -0.3 is 10.2 Å². The maximum atomic E-state index is 5.84. The molecule has 0 saturated heterocycles. The minimum atomic E-state index is 0.610. The number of rotatable bonds is 3. The number of hydrogen-bond acceptors (Lipinski definition) is 4. The number of anilines is 1. The fourth-order valence-electron chi connectivity index (χ4n) is 1.54. The lowest BCUT2D eigenvalue weighted by atomic mass is 10.1. The van der Waals surface area contributed by atoms with Gasteiger partial charge in [-0.3, -0.25) is 0 Å². The third-order valence-corrected chi connectivity index (χ3v) is 2.54. The van der Waals surface area contributed by atoms with Gasteiger partial charge in [0.2, 0.25) is 11.8 Å². The van der Waals surface area contributed by atoms with Crippen LogP contribution in [0.2, 0.25) is 0 Å².